The van der Waals surface area contributed by atoms with Gasteiger partial charge in [0.2, 0.25) is 0 Å². The third kappa shape index (κ3) is 104. The molecule has 0 atom stereocenters. The van der Waals surface area contributed by atoms with Crippen LogP contribution in [-0.2, 0) is 14.2 Å². The van der Waals surface area contributed by atoms with Gasteiger partial charge in [-0.2, -0.15) is 0 Å². The summed E-state index contributed by atoms with van der Waals surface area (Å²) in [6, 6.07) is 0. The Morgan fingerprint density at radius 2 is 0.278 bits per heavy atom. The Hall–Kier alpha value is -0.120. The summed E-state index contributed by atoms with van der Waals surface area (Å²) in [5.41, 5.74) is 3.67. The minimum absolute atomic E-state index is 0. The maximum absolute atomic E-state index is 4.94. The molecule has 0 radical (unpaired) electrons. The van der Waals surface area contributed by atoms with Crippen LogP contribution in [0.15, 0.2) is 0 Å². The van der Waals surface area contributed by atoms with Crippen molar-refractivity contribution in [3.63, 3.8) is 0 Å². The van der Waals surface area contributed by atoms with Gasteiger partial charge >= 0.3 is 0 Å². The molecule has 54 heavy (non-hydrogen) atoms. The summed E-state index contributed by atoms with van der Waals surface area (Å²) in [4.78, 5) is 0. The number of methoxy groups -OCH3 is 3. The number of hydrogen-bond donors (Lipinski definition) is 0. The number of hydrogen-bond acceptors (Lipinski definition) is 3. The molecule has 3 nitrogen and oxygen atoms in total. The third-order valence-corrected chi connectivity index (χ3v) is 8.35. The summed E-state index contributed by atoms with van der Waals surface area (Å²) >= 11 is 0. The molecule has 0 aliphatic carbocycles. The van der Waals surface area contributed by atoms with Crippen LogP contribution in [0.1, 0.15) is 267 Å². The van der Waals surface area contributed by atoms with E-state index >= 15 is 0 Å². The average molecular weight is 792 g/mol. The van der Waals surface area contributed by atoms with Crippen molar-refractivity contribution in [2.24, 2.45) is 43.3 Å². The van der Waals surface area contributed by atoms with Crippen LogP contribution >= 0.6 is 0 Å². The van der Waals surface area contributed by atoms with E-state index in [1.165, 1.54) is 0 Å². The Bertz CT molecular complexity index is 557. The lowest BCUT2D eigenvalue weighted by molar-refractivity contribution is -0.178. The van der Waals surface area contributed by atoms with E-state index in [0.29, 0.717) is 43.3 Å². The summed E-state index contributed by atoms with van der Waals surface area (Å²) in [7, 11) is 4.94. The molecule has 0 aliphatic rings. The van der Waals surface area contributed by atoms with Gasteiger partial charge in [-0.1, -0.05) is 232 Å². The predicted molar refractivity (Wildman–Crippen MR) is 269 cm³/mol. The van der Waals surface area contributed by atoms with Crippen molar-refractivity contribution >= 4 is 0 Å². The first-order chi connectivity index (χ1) is 19.4. The molecule has 0 fully saturated rings. The Kier molecular flexibility index (Phi) is 63.1. The normalized spacial score (nSPS) is 11.4. The van der Waals surface area contributed by atoms with Crippen LogP contribution in [-0.4, -0.2) is 32.7 Å². The predicted octanol–water partition coefficient (Wildman–Crippen LogP) is 20.2. The molecule has 0 aromatic heterocycles. The lowest BCUT2D eigenvalue weighted by Gasteiger charge is -2.34. The molecule has 0 saturated carbocycles. The molecule has 0 aromatic rings. The molecule has 0 amide bonds. The van der Waals surface area contributed by atoms with Crippen LogP contribution in [0.4, 0.5) is 0 Å². The first-order valence-electron chi connectivity index (χ1n) is 18.1. The molecule has 3 heteroatoms. The molecule has 0 saturated heterocycles. The van der Waals surface area contributed by atoms with E-state index in [9.17, 15) is 0 Å². The molecule has 0 heterocycles. The maximum atomic E-state index is 4.94. The van der Waals surface area contributed by atoms with Crippen LogP contribution in [0.5, 0.6) is 0 Å². The quantitative estimate of drug-likeness (QED) is 0.261. The van der Waals surface area contributed by atoms with Gasteiger partial charge in [0.25, 0.3) is 0 Å². The standard InChI is InChI=1S/3C8H18.C5H12O2.C5H12O.2C5H12.7CH4/c3*1-7(2,3)8(4,5)6;1-5(2,6-3)7-4;1-5(2,3)6-4;2*1-5(2,3)4;;;;;;;/h3*1-6H3;1-4H3;1-4H3;2*1-4H3;7*1H4. The van der Waals surface area contributed by atoms with Crippen molar-refractivity contribution in [1.29, 1.82) is 0 Å². The highest BCUT2D eigenvalue weighted by Crippen LogP contribution is 2.38. The zero-order chi connectivity index (χ0) is 41.1. The van der Waals surface area contributed by atoms with Gasteiger partial charge < -0.3 is 14.2 Å². The van der Waals surface area contributed by atoms with Gasteiger partial charge in [-0.3, -0.25) is 0 Å². The Balaban J connectivity index is -0.0000000284. The third-order valence-electron chi connectivity index (χ3n) is 8.35. The smallest absolute Gasteiger partial charge is 0.161 e. The Morgan fingerprint density at radius 1 is 0.204 bits per heavy atom. The van der Waals surface area contributed by atoms with Crippen LogP contribution in [0, 0.1) is 43.3 Å². The fourth-order valence-electron chi connectivity index (χ4n) is 0.0833. The van der Waals surface area contributed by atoms with Crippen LogP contribution in [0.25, 0.3) is 0 Å². The fraction of sp³-hybridized carbons (Fsp3) is 1.00. The van der Waals surface area contributed by atoms with Gasteiger partial charge in [-0.15, -0.1) is 0 Å². The van der Waals surface area contributed by atoms with E-state index in [4.69, 9.17) is 14.2 Å². The SMILES string of the molecule is C.C.C.C.C.C.C.CC(C)(C)C.CC(C)(C)C.CC(C)(C)C(C)(C)C.CC(C)(C)C(C)(C)C.CC(C)(C)C(C)(C)C.COC(C)(C)C.COC(C)(C)OC. The molecule has 0 unspecified atom stereocenters. The zero-order valence-electron chi connectivity index (χ0n) is 40.2. The van der Waals surface area contributed by atoms with Crippen molar-refractivity contribution < 1.29 is 14.2 Å². The van der Waals surface area contributed by atoms with Gasteiger partial charge in [0.15, 0.2) is 5.79 Å². The summed E-state index contributed by atoms with van der Waals surface area (Å²) in [5, 5.41) is 0. The monoisotopic (exact) mass is 791 g/mol. The average Bonchev–Trinajstić information content (AvgIpc) is 2.68. The van der Waals surface area contributed by atoms with Crippen LogP contribution in [0.2, 0.25) is 0 Å². The first kappa shape index (κ1) is 94.7. The van der Waals surface area contributed by atoms with Gasteiger partial charge in [-0.25, -0.2) is 0 Å². The molecule has 0 N–H and O–H groups in total. The number of ether oxygens (including phenoxy) is 3. The van der Waals surface area contributed by atoms with E-state index in [-0.39, 0.29) is 57.6 Å². The highest BCUT2D eigenvalue weighted by molar-refractivity contribution is 4.78. The minimum Gasteiger partial charge on any atom is -0.379 e. The first-order valence-corrected chi connectivity index (χ1v) is 18.1. The molecular weight excluding hydrogens is 661 g/mol. The maximum Gasteiger partial charge on any atom is 0.161 e. The van der Waals surface area contributed by atoms with Crippen LogP contribution < -0.4 is 0 Å². The molecule has 352 valence electrons. The van der Waals surface area contributed by atoms with Gasteiger partial charge in [0.1, 0.15) is 0 Å². The molecule has 0 aliphatic heterocycles. The number of rotatable bonds is 2. The second kappa shape index (κ2) is 36.0. The molecule has 0 spiro atoms. The lowest BCUT2D eigenvalue weighted by atomic mass is 9.71. The largest absolute Gasteiger partial charge is 0.379 e. The van der Waals surface area contributed by atoms with Crippen molar-refractivity contribution in [2.75, 3.05) is 21.3 Å². The van der Waals surface area contributed by atoms with Crippen LogP contribution in [0.3, 0.4) is 0 Å². The second-order valence-electron chi connectivity index (χ2n) is 23.6. The van der Waals surface area contributed by atoms with Crippen molar-refractivity contribution in [2.45, 2.75) is 278 Å². The van der Waals surface area contributed by atoms with E-state index in [1.807, 2.05) is 34.6 Å². The van der Waals surface area contributed by atoms with Crippen molar-refractivity contribution in [3.8, 4) is 0 Å². The topological polar surface area (TPSA) is 27.7 Å². The summed E-state index contributed by atoms with van der Waals surface area (Å²) < 4.78 is 14.7. The molecule has 0 bridgehead atoms. The molecule has 0 aromatic carbocycles. The Labute approximate surface area is 355 Å². The molecular formula is C51H130O3. The van der Waals surface area contributed by atoms with E-state index in [0.717, 1.165) is 0 Å². The van der Waals surface area contributed by atoms with E-state index < -0.39 is 5.79 Å². The minimum atomic E-state index is -0.417. The van der Waals surface area contributed by atoms with Gasteiger partial charge in [0.05, 0.1) is 5.60 Å². The highest BCUT2D eigenvalue weighted by Gasteiger charge is 2.28. The summed E-state index contributed by atoms with van der Waals surface area (Å²) in [6.45, 7) is 68.1. The fourth-order valence-corrected chi connectivity index (χ4v) is 0.0833. The molecule has 0 rings (SSSR count). The Morgan fingerprint density at radius 3 is 0.278 bits per heavy atom. The van der Waals surface area contributed by atoms with Gasteiger partial charge in [-0.05, 0) is 77.9 Å². The second-order valence-corrected chi connectivity index (χ2v) is 23.6. The highest BCUT2D eigenvalue weighted by atomic mass is 16.7. The van der Waals surface area contributed by atoms with Crippen molar-refractivity contribution in [3.05, 3.63) is 0 Å². The summed E-state index contributed by atoms with van der Waals surface area (Å²) in [5.74, 6) is -0.417. The lowest BCUT2D eigenvalue weighted by Crippen LogP contribution is -2.25. The van der Waals surface area contributed by atoms with E-state index in [1.54, 1.807) is 21.3 Å². The van der Waals surface area contributed by atoms with Gasteiger partial charge in [0, 0.05) is 21.3 Å². The van der Waals surface area contributed by atoms with E-state index in [2.05, 4.69) is 180 Å². The zero-order valence-corrected chi connectivity index (χ0v) is 40.2. The summed E-state index contributed by atoms with van der Waals surface area (Å²) in [6.07, 6.45) is 0. The van der Waals surface area contributed by atoms with Crippen molar-refractivity contribution in [1.82, 2.24) is 0 Å².